The third-order valence-electron chi connectivity index (χ3n) is 6.69. The van der Waals surface area contributed by atoms with Crippen LogP contribution in [-0.2, 0) is 0 Å². The molecule has 152 valence electrons. The van der Waals surface area contributed by atoms with Crippen molar-refractivity contribution in [2.24, 2.45) is 0 Å². The van der Waals surface area contributed by atoms with E-state index >= 15 is 0 Å². The lowest BCUT2D eigenvalue weighted by atomic mass is 9.95. The summed E-state index contributed by atoms with van der Waals surface area (Å²) in [6, 6.07) is 8.44. The Morgan fingerprint density at radius 1 is 1.10 bits per heavy atom. The molecule has 0 radical (unpaired) electrons. The monoisotopic (exact) mass is 393 g/mol. The number of likely N-dealkylation sites (tertiary alicyclic amines) is 1. The van der Waals surface area contributed by atoms with Crippen molar-refractivity contribution in [3.63, 3.8) is 0 Å². The molecule has 1 aliphatic heterocycles. The van der Waals surface area contributed by atoms with Crippen LogP contribution in [0, 0.1) is 6.92 Å². The number of hydrogen-bond donors (Lipinski definition) is 2. The Balaban J connectivity index is 1.64. The second-order valence-electron chi connectivity index (χ2n) is 8.72. The smallest absolute Gasteiger partial charge is 0.258 e. The van der Waals surface area contributed by atoms with Gasteiger partial charge in [-0.05, 0) is 53.8 Å². The highest BCUT2D eigenvalue weighted by Crippen LogP contribution is 2.30. The molecule has 7 heteroatoms. The van der Waals surface area contributed by atoms with Crippen molar-refractivity contribution in [2.45, 2.75) is 64.0 Å². The minimum absolute atomic E-state index is 0.0241. The van der Waals surface area contributed by atoms with Gasteiger partial charge in [0.1, 0.15) is 0 Å². The average molecular weight is 394 g/mol. The number of H-pyrrole nitrogens is 1. The van der Waals surface area contributed by atoms with Crippen molar-refractivity contribution in [3.8, 4) is 0 Å². The van der Waals surface area contributed by atoms with E-state index in [4.69, 9.17) is 0 Å². The van der Waals surface area contributed by atoms with Crippen LogP contribution < -0.4 is 10.5 Å². The van der Waals surface area contributed by atoms with Crippen molar-refractivity contribution >= 4 is 10.9 Å². The molecule has 1 saturated heterocycles. The summed E-state index contributed by atoms with van der Waals surface area (Å²) in [5.41, 5.74) is 2.83. The molecule has 1 aliphatic carbocycles. The van der Waals surface area contributed by atoms with E-state index in [0.717, 1.165) is 48.2 Å². The van der Waals surface area contributed by atoms with Crippen molar-refractivity contribution in [3.05, 3.63) is 51.6 Å². The zero-order chi connectivity index (χ0) is 19.8. The number of nitrogens with one attached hydrogen (secondary N) is 2. The minimum Gasteiger partial charge on any atom is -0.322 e. The maximum absolute atomic E-state index is 13.2. The number of rotatable bonds is 4. The lowest BCUT2D eigenvalue weighted by molar-refractivity contribution is -0.914. The zero-order valence-electron chi connectivity index (χ0n) is 17.0. The Kier molecular flexibility index (Phi) is 4.91. The van der Waals surface area contributed by atoms with E-state index in [1.807, 2.05) is 16.8 Å². The minimum atomic E-state index is -0.122. The summed E-state index contributed by atoms with van der Waals surface area (Å²) < 4.78 is 2.04. The summed E-state index contributed by atoms with van der Waals surface area (Å²) in [4.78, 5) is 17.7. The molecule has 0 unspecified atom stereocenters. The van der Waals surface area contributed by atoms with Crippen molar-refractivity contribution < 1.29 is 4.90 Å². The Morgan fingerprint density at radius 2 is 1.90 bits per heavy atom. The SMILES string of the molecule is Cc1ccc2[nH]c(=O)c([C@@H](c3nnnn3C3CCCCC3)[NH+]3CCCC3)cc2c1. The van der Waals surface area contributed by atoms with Gasteiger partial charge in [-0.1, -0.05) is 30.9 Å². The topological polar surface area (TPSA) is 80.9 Å². The van der Waals surface area contributed by atoms with E-state index < -0.39 is 0 Å². The molecule has 2 N–H and O–H groups in total. The summed E-state index contributed by atoms with van der Waals surface area (Å²) >= 11 is 0. The first-order chi connectivity index (χ1) is 14.2. The number of nitrogens with zero attached hydrogens (tertiary/aromatic N) is 4. The van der Waals surface area contributed by atoms with Crippen LogP contribution >= 0.6 is 0 Å². The second kappa shape index (κ2) is 7.71. The quantitative estimate of drug-likeness (QED) is 0.711. The van der Waals surface area contributed by atoms with Crippen molar-refractivity contribution in [1.29, 1.82) is 0 Å². The Bertz CT molecular complexity index is 1060. The van der Waals surface area contributed by atoms with Gasteiger partial charge in [-0.25, -0.2) is 4.68 Å². The predicted molar refractivity (Wildman–Crippen MR) is 111 cm³/mol. The molecule has 29 heavy (non-hydrogen) atoms. The molecule has 1 atom stereocenters. The molecule has 5 rings (SSSR count). The van der Waals surface area contributed by atoms with Crippen LogP contribution in [0.1, 0.15) is 74.0 Å². The van der Waals surface area contributed by atoms with Crippen molar-refractivity contribution in [2.75, 3.05) is 13.1 Å². The molecular weight excluding hydrogens is 364 g/mol. The predicted octanol–water partition coefficient (Wildman–Crippen LogP) is 2.10. The van der Waals surface area contributed by atoms with Crippen LogP contribution in [0.5, 0.6) is 0 Å². The highest BCUT2D eigenvalue weighted by atomic mass is 16.1. The van der Waals surface area contributed by atoms with Gasteiger partial charge in [-0.15, -0.1) is 5.10 Å². The number of hydrogen-bond acceptors (Lipinski definition) is 4. The molecule has 0 spiro atoms. The average Bonchev–Trinajstić information content (AvgIpc) is 3.42. The van der Waals surface area contributed by atoms with Gasteiger partial charge in [0.2, 0.25) is 5.82 Å². The van der Waals surface area contributed by atoms with Gasteiger partial charge < -0.3 is 9.88 Å². The Labute approximate surface area is 170 Å². The van der Waals surface area contributed by atoms with E-state index in [2.05, 4.69) is 39.6 Å². The number of aromatic nitrogens is 5. The molecule has 1 aromatic carbocycles. The van der Waals surface area contributed by atoms with Crippen molar-refractivity contribution in [1.82, 2.24) is 25.2 Å². The van der Waals surface area contributed by atoms with Crippen LogP contribution in [0.3, 0.4) is 0 Å². The molecule has 2 aliphatic rings. The summed E-state index contributed by atoms with van der Waals surface area (Å²) in [7, 11) is 0. The summed E-state index contributed by atoms with van der Waals surface area (Å²) in [6.45, 7) is 4.18. The molecule has 0 amide bonds. The van der Waals surface area contributed by atoms with Gasteiger partial charge in [-0.2, -0.15) is 0 Å². The zero-order valence-corrected chi connectivity index (χ0v) is 17.0. The molecule has 0 bridgehead atoms. The van der Waals surface area contributed by atoms with Crippen LogP contribution in [0.15, 0.2) is 29.1 Å². The first-order valence-electron chi connectivity index (χ1n) is 11.0. The number of tetrazole rings is 1. The van der Waals surface area contributed by atoms with Crippen LogP contribution in [0.4, 0.5) is 0 Å². The molecule has 1 saturated carbocycles. The number of fused-ring (bicyclic) bond motifs is 1. The number of benzene rings is 1. The number of aryl methyl sites for hydroxylation is 1. The van der Waals surface area contributed by atoms with Gasteiger partial charge in [0.25, 0.3) is 5.56 Å². The van der Waals surface area contributed by atoms with Gasteiger partial charge >= 0.3 is 0 Å². The third-order valence-corrected chi connectivity index (χ3v) is 6.69. The lowest BCUT2D eigenvalue weighted by Crippen LogP contribution is -3.10. The molecule has 2 fully saturated rings. The van der Waals surface area contributed by atoms with Crippen LogP contribution in [-0.4, -0.2) is 38.3 Å². The van der Waals surface area contributed by atoms with E-state index in [0.29, 0.717) is 6.04 Å². The first-order valence-corrected chi connectivity index (χ1v) is 11.0. The molecular formula is C22H29N6O+. The van der Waals surface area contributed by atoms with E-state index in [9.17, 15) is 4.79 Å². The van der Waals surface area contributed by atoms with E-state index in [1.165, 1.54) is 42.6 Å². The van der Waals surface area contributed by atoms with Gasteiger partial charge in [-0.3, -0.25) is 4.79 Å². The fraction of sp³-hybridized carbons (Fsp3) is 0.545. The van der Waals surface area contributed by atoms with Gasteiger partial charge in [0.15, 0.2) is 6.04 Å². The largest absolute Gasteiger partial charge is 0.322 e. The van der Waals surface area contributed by atoms with Gasteiger partial charge in [0.05, 0.1) is 24.7 Å². The Hall–Kier alpha value is -2.54. The number of aromatic amines is 1. The summed E-state index contributed by atoms with van der Waals surface area (Å²) in [6.07, 6.45) is 8.34. The number of quaternary nitrogens is 1. The van der Waals surface area contributed by atoms with Crippen LogP contribution in [0.2, 0.25) is 0 Å². The fourth-order valence-corrected chi connectivity index (χ4v) is 5.19. The molecule has 2 aromatic heterocycles. The Morgan fingerprint density at radius 3 is 2.69 bits per heavy atom. The first kappa shape index (κ1) is 18.5. The maximum Gasteiger partial charge on any atom is 0.258 e. The fourth-order valence-electron chi connectivity index (χ4n) is 5.19. The summed E-state index contributed by atoms with van der Waals surface area (Å²) in [5.74, 6) is 0.853. The standard InChI is InChI=1S/C22H28N6O/c1-15-9-10-19-16(13-15)14-18(22(29)23-19)20(27-11-5-6-12-27)21-24-25-26-28(21)17-7-3-2-4-8-17/h9-10,13-14,17,20H,2-8,11-12H2,1H3,(H,23,29)/p+1/t20-/m0/s1. The van der Waals surface area contributed by atoms with E-state index in [1.54, 1.807) is 0 Å². The highest BCUT2D eigenvalue weighted by Gasteiger charge is 2.37. The maximum atomic E-state index is 13.2. The van der Waals surface area contributed by atoms with Crippen LogP contribution in [0.25, 0.3) is 10.9 Å². The van der Waals surface area contributed by atoms with E-state index in [-0.39, 0.29) is 11.6 Å². The second-order valence-corrected chi connectivity index (χ2v) is 8.72. The molecule has 3 heterocycles. The summed E-state index contributed by atoms with van der Waals surface area (Å²) in [5, 5.41) is 14.0. The third kappa shape index (κ3) is 3.48. The van der Waals surface area contributed by atoms with Gasteiger partial charge in [0, 0.05) is 18.4 Å². The molecule has 3 aromatic rings. The molecule has 7 nitrogen and oxygen atoms in total. The lowest BCUT2D eigenvalue weighted by Gasteiger charge is -2.27. The normalized spacial score (nSPS) is 19.8. The number of pyridine rings is 1. The highest BCUT2D eigenvalue weighted by molar-refractivity contribution is 5.79.